The number of anilines is 2. The van der Waals surface area contributed by atoms with E-state index >= 15 is 0 Å². The molecule has 0 aliphatic heterocycles. The van der Waals surface area contributed by atoms with Crippen molar-refractivity contribution in [3.05, 3.63) is 16.3 Å². The molecule has 0 spiro atoms. The van der Waals surface area contributed by atoms with Gasteiger partial charge in [0, 0.05) is 33.9 Å². The molecule has 0 saturated heterocycles. The van der Waals surface area contributed by atoms with Crippen LogP contribution in [0.5, 0.6) is 0 Å². The van der Waals surface area contributed by atoms with E-state index in [-0.39, 0.29) is 11.5 Å². The summed E-state index contributed by atoms with van der Waals surface area (Å²) in [6.45, 7) is 4.35. The fourth-order valence-corrected chi connectivity index (χ4v) is 1.70. The van der Waals surface area contributed by atoms with Crippen molar-refractivity contribution in [2.24, 2.45) is 0 Å². The molecule has 0 aliphatic carbocycles. The molecule has 1 aromatic rings. The normalized spacial score (nSPS) is 10.4. The minimum Gasteiger partial charge on any atom is -0.383 e. The Morgan fingerprint density at radius 1 is 1.33 bits per heavy atom. The van der Waals surface area contributed by atoms with Gasteiger partial charge in [-0.25, -0.2) is 4.98 Å². The van der Waals surface area contributed by atoms with Crippen LogP contribution in [0.15, 0.2) is 6.20 Å². The van der Waals surface area contributed by atoms with Gasteiger partial charge in [-0.2, -0.15) is 4.98 Å². The summed E-state index contributed by atoms with van der Waals surface area (Å²) >= 11 is 0. The highest BCUT2D eigenvalue weighted by Gasteiger charge is 2.22. The second kappa shape index (κ2) is 9.03. The number of nitrogens with zero attached hydrogens (tertiary/aromatic N) is 4. The van der Waals surface area contributed by atoms with Crippen molar-refractivity contribution < 1.29 is 14.4 Å². The Morgan fingerprint density at radius 3 is 2.43 bits per heavy atom. The summed E-state index contributed by atoms with van der Waals surface area (Å²) in [6.07, 6.45) is 1.22. The number of hydrogen-bond acceptors (Lipinski definition) is 8. The first-order valence-electron chi connectivity index (χ1n) is 6.62. The van der Waals surface area contributed by atoms with Gasteiger partial charge in [0.15, 0.2) is 0 Å². The molecule has 118 valence electrons. The van der Waals surface area contributed by atoms with Gasteiger partial charge < -0.3 is 19.7 Å². The lowest BCUT2D eigenvalue weighted by Gasteiger charge is -2.22. The van der Waals surface area contributed by atoms with Crippen molar-refractivity contribution in [3.63, 3.8) is 0 Å². The van der Waals surface area contributed by atoms with E-state index in [2.05, 4.69) is 15.3 Å². The van der Waals surface area contributed by atoms with Gasteiger partial charge >= 0.3 is 5.69 Å². The maximum atomic E-state index is 11.2. The number of hydrogen-bond donors (Lipinski definition) is 1. The van der Waals surface area contributed by atoms with Crippen LogP contribution in [0.4, 0.5) is 17.5 Å². The molecular weight excluding hydrogens is 278 g/mol. The maximum absolute atomic E-state index is 11.2. The third-order valence-electron chi connectivity index (χ3n) is 2.71. The molecule has 0 aromatic carbocycles. The van der Waals surface area contributed by atoms with Gasteiger partial charge in [0.05, 0.1) is 18.1 Å². The molecule has 9 nitrogen and oxygen atoms in total. The van der Waals surface area contributed by atoms with Crippen LogP contribution in [-0.2, 0) is 9.47 Å². The van der Waals surface area contributed by atoms with E-state index < -0.39 is 4.92 Å². The summed E-state index contributed by atoms with van der Waals surface area (Å²) in [5, 5.41) is 14.1. The van der Waals surface area contributed by atoms with Crippen molar-refractivity contribution in [3.8, 4) is 0 Å². The molecule has 1 N–H and O–H groups in total. The average molecular weight is 299 g/mol. The minimum atomic E-state index is -0.488. The zero-order chi connectivity index (χ0) is 15.7. The van der Waals surface area contributed by atoms with Crippen LogP contribution in [0, 0.1) is 10.1 Å². The van der Waals surface area contributed by atoms with Crippen LogP contribution in [0.3, 0.4) is 0 Å². The second-order valence-corrected chi connectivity index (χ2v) is 4.16. The van der Waals surface area contributed by atoms with Crippen LogP contribution in [0.25, 0.3) is 0 Å². The van der Waals surface area contributed by atoms with Crippen molar-refractivity contribution in [2.45, 2.75) is 6.92 Å². The molecule has 1 rings (SSSR count). The van der Waals surface area contributed by atoms with Gasteiger partial charge in [-0.15, -0.1) is 0 Å². The van der Waals surface area contributed by atoms with Gasteiger partial charge in [0.25, 0.3) is 0 Å². The third-order valence-corrected chi connectivity index (χ3v) is 2.71. The molecular formula is C12H21N5O4. The fraction of sp³-hybridized carbons (Fsp3) is 0.667. The molecule has 0 saturated carbocycles. The summed E-state index contributed by atoms with van der Waals surface area (Å²) in [4.78, 5) is 20.6. The van der Waals surface area contributed by atoms with E-state index in [4.69, 9.17) is 9.47 Å². The summed E-state index contributed by atoms with van der Waals surface area (Å²) in [7, 11) is 3.15. The first kappa shape index (κ1) is 17.1. The summed E-state index contributed by atoms with van der Waals surface area (Å²) in [5.41, 5.74) is -0.135. The van der Waals surface area contributed by atoms with Crippen molar-refractivity contribution >= 4 is 17.5 Å². The summed E-state index contributed by atoms with van der Waals surface area (Å²) in [5.74, 6) is 0.623. The summed E-state index contributed by atoms with van der Waals surface area (Å²) < 4.78 is 10.1. The first-order valence-corrected chi connectivity index (χ1v) is 6.62. The quantitative estimate of drug-likeness (QED) is 0.502. The molecule has 1 aromatic heterocycles. The Balaban J connectivity index is 3.10. The Labute approximate surface area is 123 Å². The predicted molar refractivity (Wildman–Crippen MR) is 78.8 cm³/mol. The lowest BCUT2D eigenvalue weighted by Crippen LogP contribution is -2.32. The average Bonchev–Trinajstić information content (AvgIpc) is 2.47. The molecule has 9 heteroatoms. The number of rotatable bonds is 10. The molecule has 0 unspecified atom stereocenters. The lowest BCUT2D eigenvalue weighted by molar-refractivity contribution is -0.384. The number of methoxy groups -OCH3 is 2. The van der Waals surface area contributed by atoms with Crippen LogP contribution in [0.2, 0.25) is 0 Å². The Hall–Kier alpha value is -2.00. The van der Waals surface area contributed by atoms with Gasteiger partial charge in [-0.1, -0.05) is 0 Å². The number of ether oxygens (including phenoxy) is 2. The van der Waals surface area contributed by atoms with Crippen LogP contribution < -0.4 is 10.2 Å². The van der Waals surface area contributed by atoms with Crippen molar-refractivity contribution in [1.29, 1.82) is 0 Å². The van der Waals surface area contributed by atoms with Gasteiger partial charge in [-0.05, 0) is 6.92 Å². The number of nitro groups is 1. The summed E-state index contributed by atoms with van der Waals surface area (Å²) in [6, 6.07) is 0. The Morgan fingerprint density at radius 2 is 1.95 bits per heavy atom. The molecule has 21 heavy (non-hydrogen) atoms. The maximum Gasteiger partial charge on any atom is 0.329 e. The lowest BCUT2D eigenvalue weighted by atomic mass is 10.4. The Bertz CT molecular complexity index is 449. The highest BCUT2D eigenvalue weighted by Crippen LogP contribution is 2.25. The smallest absolute Gasteiger partial charge is 0.329 e. The van der Waals surface area contributed by atoms with Gasteiger partial charge in [0.1, 0.15) is 6.20 Å². The van der Waals surface area contributed by atoms with E-state index in [9.17, 15) is 10.1 Å². The number of nitrogens with one attached hydrogen (secondary N) is 1. The zero-order valence-corrected chi connectivity index (χ0v) is 12.5. The van der Waals surface area contributed by atoms with Crippen molar-refractivity contribution in [1.82, 2.24) is 9.97 Å². The minimum absolute atomic E-state index is 0.135. The van der Waals surface area contributed by atoms with E-state index in [1.54, 1.807) is 19.1 Å². The fourth-order valence-electron chi connectivity index (χ4n) is 1.70. The largest absolute Gasteiger partial charge is 0.383 e. The topological polar surface area (TPSA) is 103 Å². The molecule has 0 radical (unpaired) electrons. The van der Waals surface area contributed by atoms with Crippen LogP contribution in [-0.4, -0.2) is 62.0 Å². The zero-order valence-electron chi connectivity index (χ0n) is 12.5. The Kier molecular flexibility index (Phi) is 7.33. The SMILES string of the molecule is CCNc1ncc([N+](=O)[O-])c(N(CCOC)CCOC)n1. The molecule has 0 fully saturated rings. The van der Waals surface area contributed by atoms with Crippen LogP contribution in [0.1, 0.15) is 6.92 Å². The molecule has 1 heterocycles. The molecule has 0 bridgehead atoms. The van der Waals surface area contributed by atoms with E-state index in [0.717, 1.165) is 0 Å². The van der Waals surface area contributed by atoms with Gasteiger partial charge in [-0.3, -0.25) is 10.1 Å². The highest BCUT2D eigenvalue weighted by molar-refractivity contribution is 5.59. The first-order chi connectivity index (χ1) is 10.1. The standard InChI is InChI=1S/C12H21N5O4/c1-4-13-12-14-9-10(17(18)19)11(15-12)16(5-7-20-2)6-8-21-3/h9H,4-8H2,1-3H3,(H,13,14,15). The second-order valence-electron chi connectivity index (χ2n) is 4.16. The van der Waals surface area contributed by atoms with Crippen molar-refractivity contribution in [2.75, 3.05) is 57.3 Å². The molecule has 0 aliphatic rings. The van der Waals surface area contributed by atoms with E-state index in [1.807, 2.05) is 6.92 Å². The van der Waals surface area contributed by atoms with Crippen LogP contribution >= 0.6 is 0 Å². The predicted octanol–water partition coefficient (Wildman–Crippen LogP) is 0.916. The number of aromatic nitrogens is 2. The molecule has 0 amide bonds. The highest BCUT2D eigenvalue weighted by atomic mass is 16.6. The molecule has 0 atom stereocenters. The monoisotopic (exact) mass is 299 g/mol. The van der Waals surface area contributed by atoms with Gasteiger partial charge in [0.2, 0.25) is 11.8 Å². The van der Waals surface area contributed by atoms with E-state index in [1.165, 1.54) is 6.20 Å². The van der Waals surface area contributed by atoms with E-state index in [0.29, 0.717) is 38.8 Å². The third kappa shape index (κ3) is 5.12.